The molecule has 1 atom stereocenters. The number of carbonyl (C=O) groups excluding carboxylic acids is 1. The number of carbonyl (C=O) groups is 1. The van der Waals surface area contributed by atoms with E-state index in [4.69, 9.17) is 9.84 Å². The summed E-state index contributed by atoms with van der Waals surface area (Å²) in [6, 6.07) is 5.40. The van der Waals surface area contributed by atoms with E-state index in [0.29, 0.717) is 5.39 Å². The van der Waals surface area contributed by atoms with Crippen LogP contribution in [0.1, 0.15) is 10.5 Å². The lowest BCUT2D eigenvalue weighted by atomic mass is 10.2. The van der Waals surface area contributed by atoms with Crippen LogP contribution in [0.15, 0.2) is 18.2 Å². The average molecular weight is 279 g/mol. The molecule has 7 heteroatoms. The van der Waals surface area contributed by atoms with E-state index >= 15 is 0 Å². The van der Waals surface area contributed by atoms with Crippen molar-refractivity contribution in [3.63, 3.8) is 0 Å². The number of nitrogens with zero attached hydrogens (tertiary/aromatic N) is 2. The summed E-state index contributed by atoms with van der Waals surface area (Å²) in [6.07, 6.45) is -0.834. The molecule has 2 rings (SSSR count). The van der Waals surface area contributed by atoms with Crippen molar-refractivity contribution in [1.82, 2.24) is 9.78 Å². The minimum atomic E-state index is -0.834. The number of anilines is 1. The standard InChI is InChI=1S/C13H17N3O4/c1-16-11-4-3-8(14-6-9(18)7-17)5-10(11)12(15-16)13(19)20-2/h3-5,9,14,17-18H,6-7H2,1-2H3. The van der Waals surface area contributed by atoms with E-state index in [1.165, 1.54) is 7.11 Å². The molecule has 2 aromatic rings. The van der Waals surface area contributed by atoms with Crippen molar-refractivity contribution in [2.75, 3.05) is 25.6 Å². The second-order valence-electron chi connectivity index (χ2n) is 4.41. The van der Waals surface area contributed by atoms with Gasteiger partial charge in [-0.15, -0.1) is 0 Å². The quantitative estimate of drug-likeness (QED) is 0.673. The summed E-state index contributed by atoms with van der Waals surface area (Å²) in [5.41, 5.74) is 1.78. The molecule has 0 saturated carbocycles. The monoisotopic (exact) mass is 279 g/mol. The predicted molar refractivity (Wildman–Crippen MR) is 73.6 cm³/mol. The van der Waals surface area contributed by atoms with Gasteiger partial charge in [-0.05, 0) is 18.2 Å². The number of hydrogen-bond acceptors (Lipinski definition) is 6. The van der Waals surface area contributed by atoms with Crippen molar-refractivity contribution in [3.05, 3.63) is 23.9 Å². The fourth-order valence-electron chi connectivity index (χ4n) is 1.92. The van der Waals surface area contributed by atoms with Crippen LogP contribution in [0.5, 0.6) is 0 Å². The Morgan fingerprint density at radius 1 is 1.55 bits per heavy atom. The highest BCUT2D eigenvalue weighted by atomic mass is 16.5. The first-order valence-electron chi connectivity index (χ1n) is 6.14. The first kappa shape index (κ1) is 14.3. The van der Waals surface area contributed by atoms with Gasteiger partial charge < -0.3 is 20.3 Å². The highest BCUT2D eigenvalue weighted by molar-refractivity contribution is 6.03. The number of aliphatic hydroxyl groups excluding tert-OH is 2. The van der Waals surface area contributed by atoms with Gasteiger partial charge in [-0.2, -0.15) is 5.10 Å². The molecule has 0 aliphatic heterocycles. The second kappa shape index (κ2) is 5.89. The molecule has 1 aromatic carbocycles. The van der Waals surface area contributed by atoms with E-state index in [1.807, 2.05) is 12.1 Å². The molecule has 1 aromatic heterocycles. The number of esters is 1. The molecule has 20 heavy (non-hydrogen) atoms. The number of rotatable bonds is 5. The Bertz CT molecular complexity index is 623. The van der Waals surface area contributed by atoms with Gasteiger partial charge in [0.15, 0.2) is 5.69 Å². The topological polar surface area (TPSA) is 96.6 Å². The van der Waals surface area contributed by atoms with Crippen LogP contribution in [0.4, 0.5) is 5.69 Å². The van der Waals surface area contributed by atoms with Crippen LogP contribution in [0, 0.1) is 0 Å². The van der Waals surface area contributed by atoms with Gasteiger partial charge in [0.05, 0.1) is 25.3 Å². The summed E-state index contributed by atoms with van der Waals surface area (Å²) in [4.78, 5) is 11.7. The van der Waals surface area contributed by atoms with Gasteiger partial charge in [0.1, 0.15) is 0 Å². The molecule has 0 bridgehead atoms. The third kappa shape index (κ3) is 2.73. The molecule has 0 saturated heterocycles. The molecule has 0 spiro atoms. The van der Waals surface area contributed by atoms with Gasteiger partial charge >= 0.3 is 5.97 Å². The Morgan fingerprint density at radius 2 is 2.30 bits per heavy atom. The highest BCUT2D eigenvalue weighted by Crippen LogP contribution is 2.22. The highest BCUT2D eigenvalue weighted by Gasteiger charge is 2.16. The lowest BCUT2D eigenvalue weighted by Gasteiger charge is -2.10. The largest absolute Gasteiger partial charge is 0.464 e. The molecule has 108 valence electrons. The maximum absolute atomic E-state index is 11.7. The molecule has 1 heterocycles. The van der Waals surface area contributed by atoms with E-state index in [0.717, 1.165) is 11.2 Å². The van der Waals surface area contributed by atoms with Crippen LogP contribution in [0.25, 0.3) is 10.9 Å². The number of aliphatic hydroxyl groups is 2. The first-order chi connectivity index (χ1) is 9.56. The molecular formula is C13H17N3O4. The molecule has 0 aliphatic carbocycles. The lowest BCUT2D eigenvalue weighted by molar-refractivity contribution is 0.0595. The Kier molecular flexibility index (Phi) is 4.21. The molecule has 0 amide bonds. The van der Waals surface area contributed by atoms with E-state index < -0.39 is 12.1 Å². The number of benzene rings is 1. The van der Waals surface area contributed by atoms with Crippen molar-refractivity contribution < 1.29 is 19.7 Å². The second-order valence-corrected chi connectivity index (χ2v) is 4.41. The molecule has 3 N–H and O–H groups in total. The molecule has 0 aliphatic rings. The Hall–Kier alpha value is -2.12. The van der Waals surface area contributed by atoms with Crippen LogP contribution < -0.4 is 5.32 Å². The zero-order valence-electron chi connectivity index (χ0n) is 11.3. The van der Waals surface area contributed by atoms with Crippen LogP contribution in [0.3, 0.4) is 0 Å². The van der Waals surface area contributed by atoms with Gasteiger partial charge in [0, 0.05) is 24.7 Å². The van der Waals surface area contributed by atoms with E-state index in [9.17, 15) is 9.90 Å². The predicted octanol–water partition coefficient (Wildman–Crippen LogP) is 0.125. The number of nitrogens with one attached hydrogen (secondary N) is 1. The van der Waals surface area contributed by atoms with Crippen LogP contribution in [-0.2, 0) is 11.8 Å². The van der Waals surface area contributed by atoms with Gasteiger partial charge in [0.2, 0.25) is 0 Å². The summed E-state index contributed by atoms with van der Waals surface area (Å²) in [6.45, 7) is -0.0919. The number of aryl methyl sites for hydroxylation is 1. The zero-order valence-corrected chi connectivity index (χ0v) is 11.3. The number of hydrogen-bond donors (Lipinski definition) is 3. The summed E-state index contributed by atoms with van der Waals surface area (Å²) >= 11 is 0. The van der Waals surface area contributed by atoms with Gasteiger partial charge in [0.25, 0.3) is 0 Å². The van der Waals surface area contributed by atoms with Crippen LogP contribution in [0.2, 0.25) is 0 Å². The molecule has 1 unspecified atom stereocenters. The molecule has 0 radical (unpaired) electrons. The average Bonchev–Trinajstić information content (AvgIpc) is 2.80. The summed E-state index contributed by atoms with van der Waals surface area (Å²) in [7, 11) is 3.06. The minimum absolute atomic E-state index is 0.218. The fourth-order valence-corrected chi connectivity index (χ4v) is 1.92. The van der Waals surface area contributed by atoms with E-state index in [2.05, 4.69) is 10.4 Å². The van der Waals surface area contributed by atoms with Gasteiger partial charge in [-0.1, -0.05) is 0 Å². The lowest BCUT2D eigenvalue weighted by Crippen LogP contribution is -2.22. The SMILES string of the molecule is COC(=O)c1nn(C)c2ccc(NCC(O)CO)cc12. The Labute approximate surface area is 115 Å². The summed E-state index contributed by atoms with van der Waals surface area (Å²) in [5.74, 6) is -0.497. The van der Waals surface area contributed by atoms with Crippen molar-refractivity contribution in [2.45, 2.75) is 6.10 Å². The maximum Gasteiger partial charge on any atom is 0.359 e. The molecular weight excluding hydrogens is 262 g/mol. The first-order valence-corrected chi connectivity index (χ1v) is 6.14. The molecule has 7 nitrogen and oxygen atoms in total. The number of ether oxygens (including phenoxy) is 1. The third-order valence-corrected chi connectivity index (χ3v) is 2.98. The smallest absolute Gasteiger partial charge is 0.359 e. The normalized spacial score (nSPS) is 12.4. The van der Waals surface area contributed by atoms with Gasteiger partial charge in [-0.3, -0.25) is 4.68 Å². The molecule has 0 fully saturated rings. The van der Waals surface area contributed by atoms with E-state index in [1.54, 1.807) is 17.8 Å². The van der Waals surface area contributed by atoms with Crippen molar-refractivity contribution in [2.24, 2.45) is 7.05 Å². The summed E-state index contributed by atoms with van der Waals surface area (Å²) < 4.78 is 6.31. The van der Waals surface area contributed by atoms with Crippen LogP contribution in [-0.4, -0.2) is 52.3 Å². The number of fused-ring (bicyclic) bond motifs is 1. The van der Waals surface area contributed by atoms with Crippen molar-refractivity contribution in [3.8, 4) is 0 Å². The van der Waals surface area contributed by atoms with Crippen LogP contribution >= 0.6 is 0 Å². The third-order valence-electron chi connectivity index (χ3n) is 2.98. The van der Waals surface area contributed by atoms with Gasteiger partial charge in [-0.25, -0.2) is 4.79 Å². The Balaban J connectivity index is 2.34. The summed E-state index contributed by atoms with van der Waals surface area (Å²) in [5, 5.41) is 25.9. The minimum Gasteiger partial charge on any atom is -0.464 e. The maximum atomic E-state index is 11.7. The van der Waals surface area contributed by atoms with Crippen molar-refractivity contribution in [1.29, 1.82) is 0 Å². The Morgan fingerprint density at radius 3 is 2.95 bits per heavy atom. The zero-order chi connectivity index (χ0) is 14.7. The number of methoxy groups -OCH3 is 1. The number of aromatic nitrogens is 2. The van der Waals surface area contributed by atoms with E-state index in [-0.39, 0.29) is 18.8 Å². The fraction of sp³-hybridized carbons (Fsp3) is 0.385. The van der Waals surface area contributed by atoms with Crippen molar-refractivity contribution >= 4 is 22.6 Å².